The average Bonchev–Trinajstić information content (AvgIpc) is 2.55. The summed E-state index contributed by atoms with van der Waals surface area (Å²) >= 11 is 0. The maximum Gasteiger partial charge on any atom is 0.407 e. The van der Waals surface area contributed by atoms with Gasteiger partial charge in [-0.25, -0.2) is 4.79 Å². The number of nitrogens with zero attached hydrogens (tertiary/aromatic N) is 1. The summed E-state index contributed by atoms with van der Waals surface area (Å²) in [4.78, 5) is 22.3. The number of amides is 1. The number of carboxylic acid groups (broad SMARTS) is 1. The Labute approximate surface area is 63.8 Å². The number of carbonyl (C=O) groups excluding carboxylic acids is 1. The second kappa shape index (κ2) is 1.75. The monoisotopic (exact) mass is 155 g/mol. The van der Waals surface area contributed by atoms with Gasteiger partial charge in [0.25, 0.3) is 0 Å². The van der Waals surface area contributed by atoms with Crippen LogP contribution in [0.15, 0.2) is 0 Å². The zero-order chi connectivity index (χ0) is 8.06. The molecule has 0 aromatic carbocycles. The highest BCUT2D eigenvalue weighted by molar-refractivity contribution is 5.72. The fourth-order valence-electron chi connectivity index (χ4n) is 1.85. The van der Waals surface area contributed by atoms with Crippen molar-refractivity contribution in [2.24, 2.45) is 11.3 Å². The standard InChI is InChI=1S/C7H9NO3/c9-4-7-1-5(7)2-8(3-7)6(10)11/h4-5H,1-3H2,(H,10,11). The van der Waals surface area contributed by atoms with Crippen molar-refractivity contribution >= 4 is 12.4 Å². The van der Waals surface area contributed by atoms with Gasteiger partial charge in [-0.15, -0.1) is 0 Å². The molecule has 2 atom stereocenters. The Bertz CT molecular complexity index is 228. The van der Waals surface area contributed by atoms with E-state index in [0.717, 1.165) is 12.7 Å². The van der Waals surface area contributed by atoms with E-state index in [-0.39, 0.29) is 5.41 Å². The molecule has 2 unspecified atom stereocenters. The molecule has 0 aromatic rings. The smallest absolute Gasteiger partial charge is 0.407 e. The van der Waals surface area contributed by atoms with Crippen LogP contribution in [0.3, 0.4) is 0 Å². The van der Waals surface area contributed by atoms with E-state index in [1.807, 2.05) is 0 Å². The number of fused-ring (bicyclic) bond motifs is 1. The molecule has 1 amide bonds. The Balaban J connectivity index is 2.07. The molecule has 1 aliphatic heterocycles. The molecule has 1 N–H and O–H groups in total. The highest BCUT2D eigenvalue weighted by Crippen LogP contribution is 2.55. The van der Waals surface area contributed by atoms with E-state index in [0.29, 0.717) is 19.0 Å². The largest absolute Gasteiger partial charge is 0.465 e. The highest BCUT2D eigenvalue weighted by atomic mass is 16.4. The molecule has 2 aliphatic rings. The van der Waals surface area contributed by atoms with Gasteiger partial charge in [-0.05, 0) is 12.3 Å². The summed E-state index contributed by atoms with van der Waals surface area (Å²) in [5, 5.41) is 8.57. The second-order valence-electron chi connectivity index (χ2n) is 3.42. The van der Waals surface area contributed by atoms with Crippen LogP contribution in [0.4, 0.5) is 4.79 Å². The van der Waals surface area contributed by atoms with Crippen LogP contribution in [0.25, 0.3) is 0 Å². The van der Waals surface area contributed by atoms with Gasteiger partial charge in [0, 0.05) is 18.5 Å². The van der Waals surface area contributed by atoms with Crippen molar-refractivity contribution in [3.8, 4) is 0 Å². The molecule has 11 heavy (non-hydrogen) atoms. The topological polar surface area (TPSA) is 57.6 Å². The first kappa shape index (κ1) is 6.64. The van der Waals surface area contributed by atoms with Crippen LogP contribution in [-0.4, -0.2) is 35.5 Å². The summed E-state index contributed by atoms with van der Waals surface area (Å²) in [6, 6.07) is 0. The predicted octanol–water partition coefficient (Wildman–Crippen LogP) is 0.185. The van der Waals surface area contributed by atoms with Crippen LogP contribution < -0.4 is 0 Å². The van der Waals surface area contributed by atoms with Crippen LogP contribution in [0.2, 0.25) is 0 Å². The third-order valence-electron chi connectivity index (χ3n) is 2.71. The molecule has 1 heterocycles. The van der Waals surface area contributed by atoms with Crippen molar-refractivity contribution in [3.05, 3.63) is 0 Å². The normalized spacial score (nSPS) is 40.0. The lowest BCUT2D eigenvalue weighted by atomic mass is 10.1. The second-order valence-corrected chi connectivity index (χ2v) is 3.42. The summed E-state index contributed by atoms with van der Waals surface area (Å²) in [7, 11) is 0. The minimum atomic E-state index is -0.904. The highest BCUT2D eigenvalue weighted by Gasteiger charge is 2.61. The summed E-state index contributed by atoms with van der Waals surface area (Å²) in [5.74, 6) is 0.316. The number of aldehydes is 1. The molecule has 2 fully saturated rings. The Morgan fingerprint density at radius 3 is 2.82 bits per heavy atom. The SMILES string of the molecule is O=CC12CC1CN(C(=O)O)C2. The van der Waals surface area contributed by atoms with Gasteiger partial charge in [0.2, 0.25) is 0 Å². The number of piperidine rings is 1. The van der Waals surface area contributed by atoms with Crippen molar-refractivity contribution in [1.82, 2.24) is 4.90 Å². The summed E-state index contributed by atoms with van der Waals surface area (Å²) in [6.45, 7) is 0.963. The van der Waals surface area contributed by atoms with Crippen molar-refractivity contribution in [2.75, 3.05) is 13.1 Å². The molecule has 1 saturated carbocycles. The number of hydrogen-bond acceptors (Lipinski definition) is 2. The number of likely N-dealkylation sites (tertiary alicyclic amines) is 1. The Morgan fingerprint density at radius 2 is 2.45 bits per heavy atom. The summed E-state index contributed by atoms with van der Waals surface area (Å²) in [5.41, 5.74) is -0.279. The van der Waals surface area contributed by atoms with Crippen molar-refractivity contribution in [1.29, 1.82) is 0 Å². The number of hydrogen-bond donors (Lipinski definition) is 1. The molecule has 4 nitrogen and oxygen atoms in total. The third-order valence-corrected chi connectivity index (χ3v) is 2.71. The average molecular weight is 155 g/mol. The summed E-state index contributed by atoms with van der Waals surface area (Å²) in [6.07, 6.45) is 0.902. The van der Waals surface area contributed by atoms with Gasteiger partial charge in [0.1, 0.15) is 6.29 Å². The van der Waals surface area contributed by atoms with E-state index in [9.17, 15) is 9.59 Å². The van der Waals surface area contributed by atoms with Gasteiger partial charge in [0.05, 0.1) is 0 Å². The lowest BCUT2D eigenvalue weighted by Crippen LogP contribution is -2.30. The van der Waals surface area contributed by atoms with Gasteiger partial charge in [-0.1, -0.05) is 0 Å². The maximum absolute atomic E-state index is 10.5. The molecule has 2 rings (SSSR count). The molecule has 60 valence electrons. The van der Waals surface area contributed by atoms with E-state index in [2.05, 4.69) is 0 Å². The molecular formula is C7H9NO3. The van der Waals surface area contributed by atoms with Crippen LogP contribution in [0, 0.1) is 11.3 Å². The van der Waals surface area contributed by atoms with Crippen LogP contribution in [-0.2, 0) is 4.79 Å². The summed E-state index contributed by atoms with van der Waals surface area (Å²) < 4.78 is 0. The van der Waals surface area contributed by atoms with E-state index in [1.165, 1.54) is 4.90 Å². The third kappa shape index (κ3) is 0.751. The molecule has 0 aromatic heterocycles. The maximum atomic E-state index is 10.5. The fraction of sp³-hybridized carbons (Fsp3) is 0.714. The van der Waals surface area contributed by atoms with E-state index in [4.69, 9.17) is 5.11 Å². The number of rotatable bonds is 1. The van der Waals surface area contributed by atoms with Crippen molar-refractivity contribution < 1.29 is 14.7 Å². The van der Waals surface area contributed by atoms with E-state index in [1.54, 1.807) is 0 Å². The predicted molar refractivity (Wildman–Crippen MR) is 36.2 cm³/mol. The zero-order valence-electron chi connectivity index (χ0n) is 5.99. The first-order valence-corrected chi connectivity index (χ1v) is 3.62. The van der Waals surface area contributed by atoms with Gasteiger partial charge < -0.3 is 14.8 Å². The molecular weight excluding hydrogens is 146 g/mol. The Hall–Kier alpha value is -1.06. The van der Waals surface area contributed by atoms with Crippen molar-refractivity contribution in [3.63, 3.8) is 0 Å². The number of carbonyl (C=O) groups is 2. The lowest BCUT2D eigenvalue weighted by Gasteiger charge is -2.13. The molecule has 4 heteroatoms. The van der Waals surface area contributed by atoms with Crippen molar-refractivity contribution in [2.45, 2.75) is 6.42 Å². The Morgan fingerprint density at radius 1 is 1.73 bits per heavy atom. The van der Waals surface area contributed by atoms with Crippen LogP contribution in [0.5, 0.6) is 0 Å². The van der Waals surface area contributed by atoms with Gasteiger partial charge in [-0.3, -0.25) is 0 Å². The van der Waals surface area contributed by atoms with Gasteiger partial charge in [-0.2, -0.15) is 0 Å². The first-order valence-electron chi connectivity index (χ1n) is 3.62. The quantitative estimate of drug-likeness (QED) is 0.550. The zero-order valence-corrected chi connectivity index (χ0v) is 5.99. The molecule has 1 aliphatic carbocycles. The minimum absolute atomic E-state index is 0.279. The first-order chi connectivity index (χ1) is 5.18. The van der Waals surface area contributed by atoms with Crippen LogP contribution in [0.1, 0.15) is 6.42 Å². The molecule has 0 radical (unpaired) electrons. The molecule has 0 spiro atoms. The molecule has 0 bridgehead atoms. The fourth-order valence-corrected chi connectivity index (χ4v) is 1.85. The Kier molecular flexibility index (Phi) is 1.06. The minimum Gasteiger partial charge on any atom is -0.465 e. The molecule has 1 saturated heterocycles. The van der Waals surface area contributed by atoms with E-state index >= 15 is 0 Å². The van der Waals surface area contributed by atoms with E-state index < -0.39 is 6.09 Å². The lowest BCUT2D eigenvalue weighted by molar-refractivity contribution is -0.112. The van der Waals surface area contributed by atoms with Gasteiger partial charge in [0.15, 0.2) is 0 Å². The van der Waals surface area contributed by atoms with Gasteiger partial charge >= 0.3 is 6.09 Å². The van der Waals surface area contributed by atoms with Crippen LogP contribution >= 0.6 is 0 Å².